The number of carbonyl (C=O) groups excluding carboxylic acids is 1. The SMILES string of the molecule is COc1ncc(F)cc1C(=O)Nc1cccc(-c2nncn2C(C)C)n1. The van der Waals surface area contributed by atoms with Crippen molar-refractivity contribution < 1.29 is 13.9 Å². The number of rotatable bonds is 5. The Balaban J connectivity index is 1.89. The Morgan fingerprint density at radius 1 is 1.35 bits per heavy atom. The van der Waals surface area contributed by atoms with Crippen molar-refractivity contribution in [3.05, 3.63) is 48.2 Å². The molecule has 0 spiro atoms. The van der Waals surface area contributed by atoms with Crippen molar-refractivity contribution >= 4 is 11.7 Å². The number of ether oxygens (including phenoxy) is 1. The summed E-state index contributed by atoms with van der Waals surface area (Å²) < 4.78 is 20.3. The molecule has 0 saturated carbocycles. The predicted octanol–water partition coefficient (Wildman–Crippen LogP) is 2.72. The van der Waals surface area contributed by atoms with Crippen LogP contribution in [-0.2, 0) is 0 Å². The Labute approximate surface area is 149 Å². The number of nitrogens with zero attached hydrogens (tertiary/aromatic N) is 5. The van der Waals surface area contributed by atoms with Crippen LogP contribution in [0.1, 0.15) is 30.2 Å². The van der Waals surface area contributed by atoms with Gasteiger partial charge in [0.05, 0.1) is 13.3 Å². The quantitative estimate of drug-likeness (QED) is 0.755. The molecule has 0 aliphatic carbocycles. The summed E-state index contributed by atoms with van der Waals surface area (Å²) in [6, 6.07) is 6.33. The van der Waals surface area contributed by atoms with E-state index in [0.717, 1.165) is 12.3 Å². The second-order valence-electron chi connectivity index (χ2n) is 5.73. The van der Waals surface area contributed by atoms with Crippen LogP contribution in [0.3, 0.4) is 0 Å². The van der Waals surface area contributed by atoms with Gasteiger partial charge in [-0.1, -0.05) is 6.07 Å². The van der Waals surface area contributed by atoms with Crippen LogP contribution in [-0.4, -0.2) is 37.7 Å². The number of nitrogens with one attached hydrogen (secondary N) is 1. The van der Waals surface area contributed by atoms with Crippen LogP contribution in [0.2, 0.25) is 0 Å². The van der Waals surface area contributed by atoms with Gasteiger partial charge in [-0.3, -0.25) is 4.79 Å². The Kier molecular flexibility index (Phi) is 4.87. The van der Waals surface area contributed by atoms with Gasteiger partial charge in [0.1, 0.15) is 29.2 Å². The molecule has 0 aliphatic rings. The minimum atomic E-state index is -0.636. The molecular weight excluding hydrogens is 339 g/mol. The van der Waals surface area contributed by atoms with E-state index >= 15 is 0 Å². The zero-order chi connectivity index (χ0) is 18.7. The Hall–Kier alpha value is -3.36. The van der Waals surface area contributed by atoms with Crippen LogP contribution in [0.5, 0.6) is 5.88 Å². The zero-order valence-electron chi connectivity index (χ0n) is 14.5. The minimum absolute atomic E-state index is 0.0231. The van der Waals surface area contributed by atoms with Crippen molar-refractivity contribution in [2.24, 2.45) is 0 Å². The van der Waals surface area contributed by atoms with E-state index in [4.69, 9.17) is 4.74 Å². The predicted molar refractivity (Wildman–Crippen MR) is 92.3 cm³/mol. The number of amides is 1. The molecule has 26 heavy (non-hydrogen) atoms. The van der Waals surface area contributed by atoms with Crippen LogP contribution in [0, 0.1) is 5.82 Å². The van der Waals surface area contributed by atoms with Crippen LogP contribution in [0.4, 0.5) is 10.2 Å². The lowest BCUT2D eigenvalue weighted by Gasteiger charge is -2.11. The first-order valence-corrected chi connectivity index (χ1v) is 7.87. The molecule has 0 saturated heterocycles. The molecule has 0 atom stereocenters. The van der Waals surface area contributed by atoms with Gasteiger partial charge < -0.3 is 14.6 Å². The number of halogens is 1. The first kappa shape index (κ1) is 17.5. The second kappa shape index (κ2) is 7.26. The third-order valence-electron chi connectivity index (χ3n) is 3.60. The lowest BCUT2D eigenvalue weighted by atomic mass is 10.2. The lowest BCUT2D eigenvalue weighted by molar-refractivity contribution is 0.102. The minimum Gasteiger partial charge on any atom is -0.480 e. The molecule has 0 aromatic carbocycles. The van der Waals surface area contributed by atoms with Gasteiger partial charge in [-0.2, -0.15) is 0 Å². The Morgan fingerprint density at radius 3 is 2.88 bits per heavy atom. The van der Waals surface area contributed by atoms with E-state index in [0.29, 0.717) is 11.5 Å². The molecule has 0 radical (unpaired) electrons. The van der Waals surface area contributed by atoms with Crippen molar-refractivity contribution in [1.82, 2.24) is 24.7 Å². The summed E-state index contributed by atoms with van der Waals surface area (Å²) in [6.07, 6.45) is 2.60. The fraction of sp³-hybridized carbons (Fsp3) is 0.235. The van der Waals surface area contributed by atoms with Gasteiger partial charge in [0.25, 0.3) is 5.91 Å². The molecule has 1 N–H and O–H groups in total. The smallest absolute Gasteiger partial charge is 0.262 e. The number of methoxy groups -OCH3 is 1. The first-order chi connectivity index (χ1) is 12.5. The number of hydrogen-bond donors (Lipinski definition) is 1. The summed E-state index contributed by atoms with van der Waals surface area (Å²) in [5.74, 6) is -0.315. The van der Waals surface area contributed by atoms with Gasteiger partial charge in [-0.25, -0.2) is 14.4 Å². The van der Waals surface area contributed by atoms with Crippen LogP contribution < -0.4 is 10.1 Å². The maximum Gasteiger partial charge on any atom is 0.262 e. The summed E-state index contributed by atoms with van der Waals surface area (Å²) in [6.45, 7) is 4.00. The third kappa shape index (κ3) is 3.51. The lowest BCUT2D eigenvalue weighted by Crippen LogP contribution is -2.15. The van der Waals surface area contributed by atoms with Crippen LogP contribution in [0.15, 0.2) is 36.8 Å². The Morgan fingerprint density at radius 2 is 2.15 bits per heavy atom. The van der Waals surface area contributed by atoms with E-state index in [1.807, 2.05) is 18.4 Å². The molecular formula is C17H17FN6O2. The van der Waals surface area contributed by atoms with Crippen molar-refractivity contribution in [2.75, 3.05) is 12.4 Å². The van der Waals surface area contributed by atoms with Gasteiger partial charge in [-0.05, 0) is 32.0 Å². The molecule has 3 aromatic rings. The van der Waals surface area contributed by atoms with Crippen molar-refractivity contribution in [3.63, 3.8) is 0 Å². The average molecular weight is 356 g/mol. The maximum atomic E-state index is 13.4. The molecule has 134 valence electrons. The fourth-order valence-electron chi connectivity index (χ4n) is 2.37. The van der Waals surface area contributed by atoms with Gasteiger partial charge in [0.15, 0.2) is 5.82 Å². The first-order valence-electron chi connectivity index (χ1n) is 7.87. The van der Waals surface area contributed by atoms with E-state index in [2.05, 4.69) is 25.5 Å². The number of hydrogen-bond acceptors (Lipinski definition) is 6. The topological polar surface area (TPSA) is 94.8 Å². The zero-order valence-corrected chi connectivity index (χ0v) is 14.5. The van der Waals surface area contributed by atoms with E-state index in [1.165, 1.54) is 7.11 Å². The number of carbonyl (C=O) groups is 1. The standard InChI is InChI=1S/C17H17FN6O2/c1-10(2)24-9-20-23-15(24)13-5-4-6-14(21-13)22-16(25)12-7-11(18)8-19-17(12)26-3/h4-10H,1-3H3,(H,21,22,25). The number of pyridine rings is 2. The highest BCUT2D eigenvalue weighted by Crippen LogP contribution is 2.21. The molecule has 9 heteroatoms. The third-order valence-corrected chi connectivity index (χ3v) is 3.60. The summed E-state index contributed by atoms with van der Waals surface area (Å²) in [4.78, 5) is 20.6. The molecule has 0 aliphatic heterocycles. The highest BCUT2D eigenvalue weighted by atomic mass is 19.1. The van der Waals surface area contributed by atoms with Crippen molar-refractivity contribution in [2.45, 2.75) is 19.9 Å². The van der Waals surface area contributed by atoms with E-state index in [9.17, 15) is 9.18 Å². The van der Waals surface area contributed by atoms with Crippen LogP contribution in [0.25, 0.3) is 11.5 Å². The number of aromatic nitrogens is 5. The normalized spacial score (nSPS) is 10.8. The van der Waals surface area contributed by atoms with Crippen molar-refractivity contribution in [3.8, 4) is 17.4 Å². The summed E-state index contributed by atoms with van der Waals surface area (Å²) in [7, 11) is 1.36. The maximum absolute atomic E-state index is 13.4. The van der Waals surface area contributed by atoms with Gasteiger partial charge >= 0.3 is 0 Å². The molecule has 3 aromatic heterocycles. The fourth-order valence-corrected chi connectivity index (χ4v) is 2.37. The average Bonchev–Trinajstić information content (AvgIpc) is 3.12. The second-order valence-corrected chi connectivity index (χ2v) is 5.73. The summed E-state index contributed by atoms with van der Waals surface area (Å²) in [5.41, 5.74) is 0.531. The van der Waals surface area contributed by atoms with Gasteiger partial charge in [0.2, 0.25) is 5.88 Å². The highest BCUT2D eigenvalue weighted by molar-refractivity contribution is 6.05. The summed E-state index contributed by atoms with van der Waals surface area (Å²) >= 11 is 0. The van der Waals surface area contributed by atoms with Gasteiger partial charge in [0, 0.05) is 6.04 Å². The molecule has 3 heterocycles. The largest absolute Gasteiger partial charge is 0.480 e. The summed E-state index contributed by atoms with van der Waals surface area (Å²) in [5, 5.41) is 10.6. The highest BCUT2D eigenvalue weighted by Gasteiger charge is 2.17. The molecule has 0 bridgehead atoms. The molecule has 1 amide bonds. The Bertz CT molecular complexity index is 941. The molecule has 8 nitrogen and oxygen atoms in total. The molecule has 0 unspecified atom stereocenters. The molecule has 0 fully saturated rings. The van der Waals surface area contributed by atoms with E-state index in [1.54, 1.807) is 24.5 Å². The van der Waals surface area contributed by atoms with E-state index < -0.39 is 11.7 Å². The number of anilines is 1. The molecule has 3 rings (SSSR count). The van der Waals surface area contributed by atoms with Crippen molar-refractivity contribution in [1.29, 1.82) is 0 Å². The van der Waals surface area contributed by atoms with E-state index in [-0.39, 0.29) is 23.3 Å². The van der Waals surface area contributed by atoms with Gasteiger partial charge in [-0.15, -0.1) is 10.2 Å². The monoisotopic (exact) mass is 356 g/mol. The van der Waals surface area contributed by atoms with Crippen LogP contribution >= 0.6 is 0 Å².